The lowest BCUT2D eigenvalue weighted by Crippen LogP contribution is -2.22. The van der Waals surface area contributed by atoms with Crippen molar-refractivity contribution < 1.29 is 9.18 Å². The van der Waals surface area contributed by atoms with Crippen LogP contribution in [-0.2, 0) is 4.79 Å². The third-order valence-corrected chi connectivity index (χ3v) is 2.79. The zero-order valence-corrected chi connectivity index (χ0v) is 9.96. The molecule has 0 fully saturated rings. The molecule has 0 heterocycles. The number of carbonyl (C=O) groups is 1. The normalized spacial score (nSPS) is 12.6. The molecule has 0 bridgehead atoms. The molecule has 0 aliphatic carbocycles. The van der Waals surface area contributed by atoms with Crippen LogP contribution in [0.25, 0.3) is 0 Å². The molecule has 0 radical (unpaired) electrons. The fourth-order valence-corrected chi connectivity index (χ4v) is 1.75. The van der Waals surface area contributed by atoms with E-state index in [0.717, 1.165) is 5.56 Å². The first kappa shape index (κ1) is 12.7. The van der Waals surface area contributed by atoms with Gasteiger partial charge in [0.25, 0.3) is 0 Å². The van der Waals surface area contributed by atoms with Crippen LogP contribution in [0.2, 0.25) is 0 Å². The van der Waals surface area contributed by atoms with Crippen molar-refractivity contribution in [1.29, 1.82) is 0 Å². The lowest BCUT2D eigenvalue weighted by Gasteiger charge is -2.20. The first-order valence-electron chi connectivity index (χ1n) is 5.50. The Bertz CT molecular complexity index is 345. The van der Waals surface area contributed by atoms with Crippen molar-refractivity contribution in [2.75, 3.05) is 7.05 Å². The molecule has 16 heavy (non-hydrogen) atoms. The van der Waals surface area contributed by atoms with E-state index in [-0.39, 0.29) is 17.6 Å². The topological polar surface area (TPSA) is 29.1 Å². The van der Waals surface area contributed by atoms with E-state index in [1.165, 1.54) is 12.1 Å². The molecule has 0 saturated heterocycles. The van der Waals surface area contributed by atoms with Gasteiger partial charge in [-0.1, -0.05) is 26.0 Å². The van der Waals surface area contributed by atoms with Gasteiger partial charge in [0, 0.05) is 13.5 Å². The Labute approximate surface area is 95.9 Å². The van der Waals surface area contributed by atoms with Gasteiger partial charge in [0.1, 0.15) is 5.82 Å². The molecule has 0 spiro atoms. The van der Waals surface area contributed by atoms with Crippen molar-refractivity contribution in [3.8, 4) is 0 Å². The van der Waals surface area contributed by atoms with Crippen molar-refractivity contribution in [2.45, 2.75) is 26.2 Å². The van der Waals surface area contributed by atoms with E-state index < -0.39 is 0 Å². The summed E-state index contributed by atoms with van der Waals surface area (Å²) < 4.78 is 12.8. The standard InChI is InChI=1S/C13H18FNO/c1-9(2)12(8-13(16)15-3)10-4-6-11(14)7-5-10/h4-7,9,12H,8H2,1-3H3,(H,15,16). The maximum absolute atomic E-state index is 12.8. The van der Waals surface area contributed by atoms with E-state index in [0.29, 0.717) is 12.3 Å². The zero-order valence-electron chi connectivity index (χ0n) is 9.96. The lowest BCUT2D eigenvalue weighted by molar-refractivity contribution is -0.121. The molecule has 2 nitrogen and oxygen atoms in total. The number of hydrogen-bond acceptors (Lipinski definition) is 1. The second-order valence-electron chi connectivity index (χ2n) is 4.28. The van der Waals surface area contributed by atoms with Gasteiger partial charge in [0.05, 0.1) is 0 Å². The van der Waals surface area contributed by atoms with E-state index in [1.807, 2.05) is 0 Å². The van der Waals surface area contributed by atoms with Crippen LogP contribution in [0.1, 0.15) is 31.7 Å². The van der Waals surface area contributed by atoms with Gasteiger partial charge < -0.3 is 5.32 Å². The second-order valence-corrected chi connectivity index (χ2v) is 4.28. The molecular weight excluding hydrogens is 205 g/mol. The van der Waals surface area contributed by atoms with Crippen molar-refractivity contribution in [3.05, 3.63) is 35.6 Å². The molecule has 88 valence electrons. The number of carbonyl (C=O) groups excluding carboxylic acids is 1. The SMILES string of the molecule is CNC(=O)CC(c1ccc(F)cc1)C(C)C. The molecule has 1 N–H and O–H groups in total. The molecule has 1 unspecified atom stereocenters. The van der Waals surface area contributed by atoms with Crippen LogP contribution in [0, 0.1) is 11.7 Å². The van der Waals surface area contributed by atoms with Gasteiger partial charge in [-0.2, -0.15) is 0 Å². The molecule has 0 aliphatic rings. The highest BCUT2D eigenvalue weighted by Crippen LogP contribution is 2.27. The summed E-state index contributed by atoms with van der Waals surface area (Å²) in [7, 11) is 1.63. The largest absolute Gasteiger partial charge is 0.359 e. The summed E-state index contributed by atoms with van der Waals surface area (Å²) in [6.07, 6.45) is 0.444. The molecule has 1 atom stereocenters. The van der Waals surface area contributed by atoms with E-state index in [2.05, 4.69) is 19.2 Å². The summed E-state index contributed by atoms with van der Waals surface area (Å²) in [5.74, 6) is 0.262. The van der Waals surface area contributed by atoms with Crippen LogP contribution in [0.15, 0.2) is 24.3 Å². The maximum Gasteiger partial charge on any atom is 0.220 e. The first-order chi connectivity index (χ1) is 7.54. The van der Waals surface area contributed by atoms with Gasteiger partial charge in [-0.3, -0.25) is 4.79 Å². The summed E-state index contributed by atoms with van der Waals surface area (Å²) in [5.41, 5.74) is 1.01. The van der Waals surface area contributed by atoms with E-state index in [1.54, 1.807) is 19.2 Å². The predicted octanol–water partition coefficient (Wildman–Crippen LogP) is 2.70. The number of amides is 1. The van der Waals surface area contributed by atoms with Crippen LogP contribution in [0.4, 0.5) is 4.39 Å². The smallest absolute Gasteiger partial charge is 0.220 e. The number of rotatable bonds is 4. The third-order valence-electron chi connectivity index (χ3n) is 2.79. The summed E-state index contributed by atoms with van der Waals surface area (Å²) in [4.78, 5) is 11.4. The van der Waals surface area contributed by atoms with E-state index in [4.69, 9.17) is 0 Å². The van der Waals surface area contributed by atoms with Crippen molar-refractivity contribution in [3.63, 3.8) is 0 Å². The highest BCUT2D eigenvalue weighted by Gasteiger charge is 2.18. The molecule has 0 aliphatic heterocycles. The third kappa shape index (κ3) is 3.33. The van der Waals surface area contributed by atoms with Gasteiger partial charge in [-0.25, -0.2) is 4.39 Å². The molecule has 1 rings (SSSR count). The molecule has 1 amide bonds. The van der Waals surface area contributed by atoms with Crippen LogP contribution < -0.4 is 5.32 Å². The average Bonchev–Trinajstić information content (AvgIpc) is 2.26. The minimum atomic E-state index is -0.244. The van der Waals surface area contributed by atoms with Crippen molar-refractivity contribution in [2.24, 2.45) is 5.92 Å². The van der Waals surface area contributed by atoms with E-state index in [9.17, 15) is 9.18 Å². The molecule has 1 aromatic rings. The monoisotopic (exact) mass is 223 g/mol. The Morgan fingerprint density at radius 1 is 1.31 bits per heavy atom. The number of benzene rings is 1. The van der Waals surface area contributed by atoms with Gasteiger partial charge >= 0.3 is 0 Å². The highest BCUT2D eigenvalue weighted by atomic mass is 19.1. The van der Waals surface area contributed by atoms with Gasteiger partial charge in [-0.15, -0.1) is 0 Å². The van der Waals surface area contributed by atoms with Crippen molar-refractivity contribution in [1.82, 2.24) is 5.32 Å². The Balaban J connectivity index is 2.85. The fraction of sp³-hybridized carbons (Fsp3) is 0.462. The fourth-order valence-electron chi connectivity index (χ4n) is 1.75. The number of halogens is 1. The summed E-state index contributed by atoms with van der Waals surface area (Å²) in [6, 6.07) is 6.38. The predicted molar refractivity (Wildman–Crippen MR) is 62.7 cm³/mol. The Hall–Kier alpha value is -1.38. The van der Waals surface area contributed by atoms with Gasteiger partial charge in [-0.05, 0) is 29.5 Å². The summed E-state index contributed by atoms with van der Waals surface area (Å²) >= 11 is 0. The number of nitrogens with one attached hydrogen (secondary N) is 1. The lowest BCUT2D eigenvalue weighted by atomic mass is 9.85. The van der Waals surface area contributed by atoms with Gasteiger partial charge in [0.15, 0.2) is 0 Å². The number of hydrogen-bond donors (Lipinski definition) is 1. The molecule has 0 saturated carbocycles. The second kappa shape index (κ2) is 5.64. The zero-order chi connectivity index (χ0) is 12.1. The molecule has 0 aromatic heterocycles. The minimum absolute atomic E-state index is 0.0167. The average molecular weight is 223 g/mol. The minimum Gasteiger partial charge on any atom is -0.359 e. The van der Waals surface area contributed by atoms with E-state index >= 15 is 0 Å². The molecule has 3 heteroatoms. The summed E-state index contributed by atoms with van der Waals surface area (Å²) in [5, 5.41) is 2.62. The van der Waals surface area contributed by atoms with Crippen molar-refractivity contribution >= 4 is 5.91 Å². The van der Waals surface area contributed by atoms with Crippen LogP contribution in [0.5, 0.6) is 0 Å². The first-order valence-corrected chi connectivity index (χ1v) is 5.50. The quantitative estimate of drug-likeness (QED) is 0.835. The Morgan fingerprint density at radius 2 is 1.88 bits per heavy atom. The van der Waals surface area contributed by atoms with Crippen LogP contribution in [-0.4, -0.2) is 13.0 Å². The van der Waals surface area contributed by atoms with Gasteiger partial charge in [0.2, 0.25) is 5.91 Å². The Morgan fingerprint density at radius 3 is 2.31 bits per heavy atom. The summed E-state index contributed by atoms with van der Waals surface area (Å²) in [6.45, 7) is 4.13. The maximum atomic E-state index is 12.8. The molecular formula is C13H18FNO. The van der Waals surface area contributed by atoms with Crippen LogP contribution in [0.3, 0.4) is 0 Å². The van der Waals surface area contributed by atoms with Crippen LogP contribution >= 0.6 is 0 Å². The Kier molecular flexibility index (Phi) is 4.47. The highest BCUT2D eigenvalue weighted by molar-refractivity contribution is 5.76. The molecule has 1 aromatic carbocycles.